The molecule has 1 aliphatic rings. The number of hydrogen-bond acceptors (Lipinski definition) is 3. The van der Waals surface area contributed by atoms with Crippen LogP contribution in [0.1, 0.15) is 60.4 Å². The SMILES string of the molecule is Nc1nc(C2CCCCC2)c(Cc2cccc(C(F)(F)F)c2)c(=O)[nH]1. The second-order valence-electron chi connectivity index (χ2n) is 6.52. The van der Waals surface area contributed by atoms with Gasteiger partial charge in [0.15, 0.2) is 0 Å². The molecule has 25 heavy (non-hydrogen) atoms. The highest BCUT2D eigenvalue weighted by molar-refractivity contribution is 5.35. The number of aromatic amines is 1. The number of alkyl halides is 3. The Bertz CT molecular complexity index is 808. The smallest absolute Gasteiger partial charge is 0.369 e. The predicted molar refractivity (Wildman–Crippen MR) is 89.3 cm³/mol. The first kappa shape index (κ1) is 17.5. The molecule has 3 rings (SSSR count). The van der Waals surface area contributed by atoms with Crippen LogP contribution < -0.4 is 11.3 Å². The molecule has 7 heteroatoms. The van der Waals surface area contributed by atoms with Crippen molar-refractivity contribution in [1.29, 1.82) is 0 Å². The van der Waals surface area contributed by atoms with Gasteiger partial charge in [0.1, 0.15) is 0 Å². The standard InChI is InChI=1S/C18H20F3N3O/c19-18(20,21)13-8-4-5-11(9-13)10-14-15(12-6-2-1-3-7-12)23-17(22)24-16(14)25/h4-5,8-9,12H,1-3,6-7,10H2,(H3,22,23,24,25). The fourth-order valence-electron chi connectivity index (χ4n) is 3.48. The monoisotopic (exact) mass is 351 g/mol. The average molecular weight is 351 g/mol. The number of nitrogens with two attached hydrogens (primary N) is 1. The summed E-state index contributed by atoms with van der Waals surface area (Å²) < 4.78 is 38.7. The molecule has 1 fully saturated rings. The van der Waals surface area contributed by atoms with E-state index in [-0.39, 0.29) is 23.8 Å². The van der Waals surface area contributed by atoms with Crippen molar-refractivity contribution in [2.75, 3.05) is 5.73 Å². The van der Waals surface area contributed by atoms with Crippen molar-refractivity contribution < 1.29 is 13.2 Å². The number of halogens is 3. The lowest BCUT2D eigenvalue weighted by molar-refractivity contribution is -0.137. The molecule has 4 nitrogen and oxygen atoms in total. The van der Waals surface area contributed by atoms with Gasteiger partial charge in [-0.05, 0) is 24.5 Å². The summed E-state index contributed by atoms with van der Waals surface area (Å²) >= 11 is 0. The molecule has 0 unspecified atom stereocenters. The number of H-pyrrole nitrogens is 1. The first-order valence-electron chi connectivity index (χ1n) is 8.39. The van der Waals surface area contributed by atoms with Crippen LogP contribution in [-0.4, -0.2) is 9.97 Å². The number of benzene rings is 1. The first-order valence-corrected chi connectivity index (χ1v) is 8.39. The maximum Gasteiger partial charge on any atom is 0.416 e. The van der Waals surface area contributed by atoms with E-state index in [4.69, 9.17) is 5.73 Å². The Labute approximate surface area is 143 Å². The lowest BCUT2D eigenvalue weighted by Gasteiger charge is -2.23. The van der Waals surface area contributed by atoms with Gasteiger partial charge in [-0.15, -0.1) is 0 Å². The van der Waals surface area contributed by atoms with Crippen LogP contribution in [-0.2, 0) is 12.6 Å². The molecule has 0 atom stereocenters. The Kier molecular flexibility index (Phi) is 4.83. The van der Waals surface area contributed by atoms with Crippen LogP contribution in [0.3, 0.4) is 0 Å². The maximum atomic E-state index is 12.9. The second kappa shape index (κ2) is 6.90. The van der Waals surface area contributed by atoms with Gasteiger partial charge in [0, 0.05) is 17.9 Å². The molecule has 1 saturated carbocycles. The summed E-state index contributed by atoms with van der Waals surface area (Å²) in [7, 11) is 0. The number of aromatic nitrogens is 2. The molecule has 0 spiro atoms. The van der Waals surface area contributed by atoms with Crippen LogP contribution in [0.4, 0.5) is 19.1 Å². The summed E-state index contributed by atoms with van der Waals surface area (Å²) in [6, 6.07) is 5.06. The zero-order valence-corrected chi connectivity index (χ0v) is 13.7. The molecule has 0 bridgehead atoms. The van der Waals surface area contributed by atoms with Crippen LogP contribution in [0, 0.1) is 0 Å². The molecule has 0 radical (unpaired) electrons. The predicted octanol–water partition coefficient (Wildman–Crippen LogP) is 4.01. The van der Waals surface area contributed by atoms with Gasteiger partial charge in [-0.3, -0.25) is 9.78 Å². The van der Waals surface area contributed by atoms with E-state index in [1.807, 2.05) is 0 Å². The maximum absolute atomic E-state index is 12.9. The van der Waals surface area contributed by atoms with Gasteiger partial charge in [-0.2, -0.15) is 13.2 Å². The number of hydrogen-bond donors (Lipinski definition) is 2. The highest BCUT2D eigenvalue weighted by atomic mass is 19.4. The van der Waals surface area contributed by atoms with Crippen molar-refractivity contribution in [2.45, 2.75) is 50.6 Å². The normalized spacial score (nSPS) is 16.1. The Morgan fingerprint density at radius 2 is 1.92 bits per heavy atom. The number of nitrogens with one attached hydrogen (secondary N) is 1. The third-order valence-corrected chi connectivity index (χ3v) is 4.69. The van der Waals surface area contributed by atoms with E-state index in [0.717, 1.165) is 44.2 Å². The van der Waals surface area contributed by atoms with E-state index in [1.54, 1.807) is 6.07 Å². The van der Waals surface area contributed by atoms with Crippen LogP contribution in [0.25, 0.3) is 0 Å². The van der Waals surface area contributed by atoms with Gasteiger partial charge in [-0.1, -0.05) is 37.5 Å². The van der Waals surface area contributed by atoms with Crippen molar-refractivity contribution in [3.05, 3.63) is 57.0 Å². The molecule has 0 saturated heterocycles. The molecule has 0 aliphatic heterocycles. The zero-order chi connectivity index (χ0) is 18.0. The van der Waals surface area contributed by atoms with Crippen LogP contribution in [0.5, 0.6) is 0 Å². The van der Waals surface area contributed by atoms with Crippen molar-refractivity contribution in [3.63, 3.8) is 0 Å². The van der Waals surface area contributed by atoms with Crippen LogP contribution in [0.15, 0.2) is 29.1 Å². The minimum atomic E-state index is -4.41. The number of rotatable bonds is 3. The highest BCUT2D eigenvalue weighted by Crippen LogP contribution is 2.34. The van der Waals surface area contributed by atoms with Crippen molar-refractivity contribution >= 4 is 5.95 Å². The average Bonchev–Trinajstić information content (AvgIpc) is 2.57. The third-order valence-electron chi connectivity index (χ3n) is 4.69. The Morgan fingerprint density at radius 1 is 1.20 bits per heavy atom. The largest absolute Gasteiger partial charge is 0.416 e. The minimum absolute atomic E-state index is 0.0540. The minimum Gasteiger partial charge on any atom is -0.369 e. The second-order valence-corrected chi connectivity index (χ2v) is 6.52. The molecule has 3 N–H and O–H groups in total. The van der Waals surface area contributed by atoms with E-state index in [2.05, 4.69) is 9.97 Å². The molecule has 0 amide bonds. The van der Waals surface area contributed by atoms with Gasteiger partial charge in [0.05, 0.1) is 11.3 Å². The number of nitrogen functional groups attached to an aromatic ring is 1. The molecule has 134 valence electrons. The summed E-state index contributed by atoms with van der Waals surface area (Å²) in [4.78, 5) is 19.2. The molecular weight excluding hydrogens is 331 g/mol. The number of anilines is 1. The van der Waals surface area contributed by atoms with Crippen molar-refractivity contribution in [3.8, 4) is 0 Å². The van der Waals surface area contributed by atoms with Gasteiger partial charge in [0.25, 0.3) is 5.56 Å². The summed E-state index contributed by atoms with van der Waals surface area (Å²) in [6.45, 7) is 0. The van der Waals surface area contributed by atoms with Crippen LogP contribution >= 0.6 is 0 Å². The molecule has 1 aromatic carbocycles. The molecule has 1 heterocycles. The molecule has 1 aliphatic carbocycles. The summed E-state index contributed by atoms with van der Waals surface area (Å²) in [5.41, 5.74) is 6.09. The van der Waals surface area contributed by atoms with E-state index in [0.29, 0.717) is 16.8 Å². The van der Waals surface area contributed by atoms with E-state index < -0.39 is 11.7 Å². The van der Waals surface area contributed by atoms with Gasteiger partial charge in [-0.25, -0.2) is 4.98 Å². The Morgan fingerprint density at radius 3 is 2.60 bits per heavy atom. The summed E-state index contributed by atoms with van der Waals surface area (Å²) in [5, 5.41) is 0. The van der Waals surface area contributed by atoms with Gasteiger partial charge in [0.2, 0.25) is 5.95 Å². The van der Waals surface area contributed by atoms with Gasteiger partial charge < -0.3 is 5.73 Å². The van der Waals surface area contributed by atoms with Gasteiger partial charge >= 0.3 is 6.18 Å². The van der Waals surface area contributed by atoms with E-state index in [1.165, 1.54) is 6.07 Å². The summed E-state index contributed by atoms with van der Waals surface area (Å²) in [5.74, 6) is 0.192. The highest BCUT2D eigenvalue weighted by Gasteiger charge is 2.30. The van der Waals surface area contributed by atoms with Crippen LogP contribution in [0.2, 0.25) is 0 Å². The zero-order valence-electron chi connectivity index (χ0n) is 13.7. The Hall–Kier alpha value is -2.31. The van der Waals surface area contributed by atoms with E-state index >= 15 is 0 Å². The number of nitrogens with zero attached hydrogens (tertiary/aromatic N) is 1. The lowest BCUT2D eigenvalue weighted by Crippen LogP contribution is -2.23. The first-order chi connectivity index (χ1) is 11.8. The fraction of sp³-hybridized carbons (Fsp3) is 0.444. The van der Waals surface area contributed by atoms with E-state index in [9.17, 15) is 18.0 Å². The van der Waals surface area contributed by atoms with Crippen molar-refractivity contribution in [1.82, 2.24) is 9.97 Å². The molecular formula is C18H20F3N3O. The fourth-order valence-corrected chi connectivity index (χ4v) is 3.48. The molecule has 1 aromatic heterocycles. The Balaban J connectivity index is 1.98. The summed E-state index contributed by atoms with van der Waals surface area (Å²) in [6.07, 6.45) is 0.811. The quantitative estimate of drug-likeness (QED) is 0.878. The topological polar surface area (TPSA) is 71.8 Å². The van der Waals surface area contributed by atoms with Crippen molar-refractivity contribution in [2.24, 2.45) is 0 Å². The lowest BCUT2D eigenvalue weighted by atomic mass is 9.84. The molecule has 2 aromatic rings. The third kappa shape index (κ3) is 4.03.